The highest BCUT2D eigenvalue weighted by Gasteiger charge is 2.39. The van der Waals surface area contributed by atoms with Crippen molar-refractivity contribution < 1.29 is 0 Å². The lowest BCUT2D eigenvalue weighted by atomic mass is 9.82. The molecule has 0 spiro atoms. The molecule has 1 aromatic rings. The third-order valence-corrected chi connectivity index (χ3v) is 5.56. The van der Waals surface area contributed by atoms with Gasteiger partial charge in [-0.2, -0.15) is 0 Å². The SMILES string of the molecule is Cc1ccc(C2CC3C=CC=CC3C2C)c(C)c1C. The highest BCUT2D eigenvalue weighted by Crippen LogP contribution is 2.50. The summed E-state index contributed by atoms with van der Waals surface area (Å²) in [5, 5.41) is 0. The van der Waals surface area contributed by atoms with Crippen LogP contribution < -0.4 is 0 Å². The summed E-state index contributed by atoms with van der Waals surface area (Å²) in [6.45, 7) is 9.22. The molecular formula is C19H24. The molecule has 0 heterocycles. The van der Waals surface area contributed by atoms with Crippen LogP contribution in [-0.4, -0.2) is 0 Å². The summed E-state index contributed by atoms with van der Waals surface area (Å²) in [7, 11) is 0. The first-order valence-corrected chi connectivity index (χ1v) is 7.51. The van der Waals surface area contributed by atoms with E-state index in [4.69, 9.17) is 0 Å². The van der Waals surface area contributed by atoms with Crippen molar-refractivity contribution in [1.29, 1.82) is 0 Å². The molecule has 0 saturated heterocycles. The van der Waals surface area contributed by atoms with Crippen molar-refractivity contribution >= 4 is 0 Å². The summed E-state index contributed by atoms with van der Waals surface area (Å²) in [5.74, 6) is 2.98. The van der Waals surface area contributed by atoms with Crippen LogP contribution in [0.3, 0.4) is 0 Å². The van der Waals surface area contributed by atoms with Gasteiger partial charge in [0.25, 0.3) is 0 Å². The summed E-state index contributed by atoms with van der Waals surface area (Å²) in [5.41, 5.74) is 6.00. The fraction of sp³-hybridized carbons (Fsp3) is 0.474. The molecule has 0 nitrogen and oxygen atoms in total. The van der Waals surface area contributed by atoms with Gasteiger partial charge in [0.1, 0.15) is 0 Å². The molecule has 0 heteroatoms. The van der Waals surface area contributed by atoms with Crippen molar-refractivity contribution in [2.45, 2.75) is 40.0 Å². The lowest BCUT2D eigenvalue weighted by Gasteiger charge is -2.23. The molecule has 100 valence electrons. The quantitative estimate of drug-likeness (QED) is 0.653. The molecule has 0 radical (unpaired) electrons. The molecule has 0 aliphatic heterocycles. The Bertz CT molecular complexity index is 547. The monoisotopic (exact) mass is 252 g/mol. The minimum atomic E-state index is 0.724. The Morgan fingerprint density at radius 1 is 0.947 bits per heavy atom. The van der Waals surface area contributed by atoms with Crippen LogP contribution in [-0.2, 0) is 0 Å². The van der Waals surface area contributed by atoms with E-state index in [1.165, 1.54) is 23.1 Å². The smallest absolute Gasteiger partial charge is 0.0122 e. The Morgan fingerprint density at radius 2 is 1.68 bits per heavy atom. The first kappa shape index (κ1) is 12.7. The van der Waals surface area contributed by atoms with E-state index in [1.54, 1.807) is 5.56 Å². The molecule has 1 saturated carbocycles. The molecule has 4 unspecified atom stereocenters. The molecule has 0 aromatic heterocycles. The second-order valence-corrected chi connectivity index (χ2v) is 6.43. The maximum Gasteiger partial charge on any atom is -0.0122 e. The Hall–Kier alpha value is -1.30. The Kier molecular flexibility index (Phi) is 3.12. The van der Waals surface area contributed by atoms with Crippen molar-refractivity contribution in [3.63, 3.8) is 0 Å². The summed E-state index contributed by atoms with van der Waals surface area (Å²) in [6, 6.07) is 4.68. The van der Waals surface area contributed by atoms with E-state index in [-0.39, 0.29) is 0 Å². The Morgan fingerprint density at radius 3 is 2.42 bits per heavy atom. The number of fused-ring (bicyclic) bond motifs is 1. The zero-order valence-electron chi connectivity index (χ0n) is 12.5. The highest BCUT2D eigenvalue weighted by molar-refractivity contribution is 5.42. The van der Waals surface area contributed by atoms with Crippen molar-refractivity contribution in [3.05, 3.63) is 58.7 Å². The number of aryl methyl sites for hydroxylation is 1. The van der Waals surface area contributed by atoms with E-state index in [0.29, 0.717) is 0 Å². The van der Waals surface area contributed by atoms with E-state index >= 15 is 0 Å². The Balaban J connectivity index is 1.98. The molecule has 3 rings (SSSR count). The van der Waals surface area contributed by atoms with Crippen LogP contribution in [0, 0.1) is 38.5 Å². The van der Waals surface area contributed by atoms with Crippen molar-refractivity contribution in [2.75, 3.05) is 0 Å². The summed E-state index contributed by atoms with van der Waals surface area (Å²) < 4.78 is 0. The van der Waals surface area contributed by atoms with Gasteiger partial charge in [0.2, 0.25) is 0 Å². The van der Waals surface area contributed by atoms with E-state index in [9.17, 15) is 0 Å². The fourth-order valence-corrected chi connectivity index (χ4v) is 4.04. The number of hydrogen-bond donors (Lipinski definition) is 0. The van der Waals surface area contributed by atoms with Gasteiger partial charge in [-0.25, -0.2) is 0 Å². The Labute approximate surface area is 117 Å². The van der Waals surface area contributed by atoms with E-state index < -0.39 is 0 Å². The summed E-state index contributed by atoms with van der Waals surface area (Å²) in [6.07, 6.45) is 10.6. The number of rotatable bonds is 1. The molecule has 0 bridgehead atoms. The maximum atomic E-state index is 2.44. The van der Waals surface area contributed by atoms with E-state index in [2.05, 4.69) is 64.1 Å². The molecule has 4 atom stereocenters. The third-order valence-electron chi connectivity index (χ3n) is 5.56. The maximum absolute atomic E-state index is 2.44. The van der Waals surface area contributed by atoms with Gasteiger partial charge in [-0.05, 0) is 73.1 Å². The highest BCUT2D eigenvalue weighted by atomic mass is 14.4. The van der Waals surface area contributed by atoms with Crippen LogP contribution in [0.15, 0.2) is 36.4 Å². The van der Waals surface area contributed by atoms with Crippen LogP contribution in [0.4, 0.5) is 0 Å². The summed E-state index contributed by atoms with van der Waals surface area (Å²) >= 11 is 0. The van der Waals surface area contributed by atoms with Crippen molar-refractivity contribution in [2.24, 2.45) is 17.8 Å². The van der Waals surface area contributed by atoms with Gasteiger partial charge in [0.05, 0.1) is 0 Å². The van der Waals surface area contributed by atoms with Crippen molar-refractivity contribution in [3.8, 4) is 0 Å². The lowest BCUT2D eigenvalue weighted by molar-refractivity contribution is 0.430. The van der Waals surface area contributed by atoms with Gasteiger partial charge in [-0.3, -0.25) is 0 Å². The largest absolute Gasteiger partial charge is 0.0808 e. The topological polar surface area (TPSA) is 0 Å². The van der Waals surface area contributed by atoms with Gasteiger partial charge in [0, 0.05) is 0 Å². The molecule has 2 aliphatic carbocycles. The molecule has 2 aliphatic rings. The third kappa shape index (κ3) is 1.98. The minimum absolute atomic E-state index is 0.724. The van der Waals surface area contributed by atoms with Gasteiger partial charge in [-0.1, -0.05) is 43.4 Å². The molecular weight excluding hydrogens is 228 g/mol. The minimum Gasteiger partial charge on any atom is -0.0808 e. The molecule has 1 aromatic carbocycles. The fourth-order valence-electron chi connectivity index (χ4n) is 4.04. The predicted octanol–water partition coefficient (Wildman–Crippen LogP) is 5.09. The average molecular weight is 252 g/mol. The number of benzene rings is 1. The van der Waals surface area contributed by atoms with Crippen molar-refractivity contribution in [1.82, 2.24) is 0 Å². The standard InChI is InChI=1S/C19H24/c1-12-9-10-18(14(3)13(12)2)19-11-16-7-5-6-8-17(16)15(19)4/h5-10,15-17,19H,11H2,1-4H3. The van der Waals surface area contributed by atoms with Gasteiger partial charge >= 0.3 is 0 Å². The zero-order chi connectivity index (χ0) is 13.6. The number of hydrogen-bond acceptors (Lipinski definition) is 0. The predicted molar refractivity (Wildman–Crippen MR) is 82.4 cm³/mol. The first-order valence-electron chi connectivity index (χ1n) is 7.51. The molecule has 1 fully saturated rings. The van der Waals surface area contributed by atoms with Crippen LogP contribution in [0.25, 0.3) is 0 Å². The molecule has 0 N–H and O–H groups in total. The van der Waals surface area contributed by atoms with Gasteiger partial charge < -0.3 is 0 Å². The van der Waals surface area contributed by atoms with Gasteiger partial charge in [0.15, 0.2) is 0 Å². The normalized spacial score (nSPS) is 32.6. The molecule has 19 heavy (non-hydrogen) atoms. The van der Waals surface area contributed by atoms with Gasteiger partial charge in [-0.15, -0.1) is 0 Å². The second kappa shape index (κ2) is 4.67. The lowest BCUT2D eigenvalue weighted by Crippen LogP contribution is -2.13. The number of allylic oxidation sites excluding steroid dienone is 4. The van der Waals surface area contributed by atoms with E-state index in [1.807, 2.05) is 0 Å². The van der Waals surface area contributed by atoms with Crippen LogP contribution in [0.1, 0.15) is 41.5 Å². The molecule has 0 amide bonds. The second-order valence-electron chi connectivity index (χ2n) is 6.43. The van der Waals surface area contributed by atoms with Crippen LogP contribution in [0.5, 0.6) is 0 Å². The van der Waals surface area contributed by atoms with Crippen LogP contribution >= 0.6 is 0 Å². The summed E-state index contributed by atoms with van der Waals surface area (Å²) in [4.78, 5) is 0. The van der Waals surface area contributed by atoms with E-state index in [0.717, 1.165) is 23.7 Å². The first-order chi connectivity index (χ1) is 9.09. The average Bonchev–Trinajstić information content (AvgIpc) is 2.74. The van der Waals surface area contributed by atoms with Crippen LogP contribution in [0.2, 0.25) is 0 Å². The zero-order valence-corrected chi connectivity index (χ0v) is 12.5.